The molecule has 148 valence electrons. The highest BCUT2D eigenvalue weighted by molar-refractivity contribution is 5.88. The van der Waals surface area contributed by atoms with E-state index in [1.807, 2.05) is 48.5 Å². The molecule has 2 amide bonds. The zero-order chi connectivity index (χ0) is 19.9. The Morgan fingerprint density at radius 3 is 2.32 bits per heavy atom. The van der Waals surface area contributed by atoms with E-state index in [9.17, 15) is 9.59 Å². The van der Waals surface area contributed by atoms with E-state index in [0.717, 1.165) is 18.4 Å². The summed E-state index contributed by atoms with van der Waals surface area (Å²) in [5.74, 6) is 0.567. The molecule has 2 aromatic rings. The van der Waals surface area contributed by atoms with Gasteiger partial charge in [0.05, 0.1) is 0 Å². The summed E-state index contributed by atoms with van der Waals surface area (Å²) in [4.78, 5) is 27.6. The van der Waals surface area contributed by atoms with Crippen LogP contribution in [0.5, 0.6) is 0 Å². The summed E-state index contributed by atoms with van der Waals surface area (Å²) in [5, 5.41) is 3.00. The molecule has 0 saturated carbocycles. The molecule has 3 rings (SSSR count). The van der Waals surface area contributed by atoms with Crippen molar-refractivity contribution in [3.8, 4) is 0 Å². The largest absolute Gasteiger partial charge is 0.350 e. The third-order valence-electron chi connectivity index (χ3n) is 5.61. The lowest BCUT2D eigenvalue weighted by Gasteiger charge is -2.28. The monoisotopic (exact) mass is 378 g/mol. The summed E-state index contributed by atoms with van der Waals surface area (Å²) >= 11 is 0. The van der Waals surface area contributed by atoms with Crippen molar-refractivity contribution in [2.24, 2.45) is 5.92 Å². The van der Waals surface area contributed by atoms with Crippen molar-refractivity contribution in [1.29, 1.82) is 0 Å². The molecule has 1 unspecified atom stereocenters. The van der Waals surface area contributed by atoms with Gasteiger partial charge in [-0.1, -0.05) is 74.5 Å². The second kappa shape index (κ2) is 9.54. The Bertz CT molecular complexity index is 774. The topological polar surface area (TPSA) is 49.4 Å². The maximum absolute atomic E-state index is 13.1. The number of nitrogens with zero attached hydrogens (tertiary/aromatic N) is 1. The molecular formula is C24H30N2O2. The smallest absolute Gasteiger partial charge is 0.243 e. The zero-order valence-electron chi connectivity index (χ0n) is 16.8. The Labute approximate surface area is 167 Å². The van der Waals surface area contributed by atoms with Gasteiger partial charge in [-0.15, -0.1) is 0 Å². The van der Waals surface area contributed by atoms with Crippen LogP contribution in [-0.2, 0) is 16.1 Å². The SMILES string of the molecule is CC(C)C(CC(=O)N1CCC[C@@H]1C(=O)NCc1ccccc1)c1ccccc1. The van der Waals surface area contributed by atoms with Gasteiger partial charge >= 0.3 is 0 Å². The summed E-state index contributed by atoms with van der Waals surface area (Å²) in [7, 11) is 0. The van der Waals surface area contributed by atoms with Crippen LogP contribution in [0.15, 0.2) is 60.7 Å². The van der Waals surface area contributed by atoms with Crippen LogP contribution in [0.4, 0.5) is 0 Å². The minimum atomic E-state index is -0.347. The molecule has 2 aromatic carbocycles. The van der Waals surface area contributed by atoms with Crippen LogP contribution in [0.2, 0.25) is 0 Å². The van der Waals surface area contributed by atoms with Crippen LogP contribution >= 0.6 is 0 Å². The summed E-state index contributed by atoms with van der Waals surface area (Å²) < 4.78 is 0. The number of carbonyl (C=O) groups excluding carboxylic acids is 2. The van der Waals surface area contributed by atoms with E-state index in [2.05, 4.69) is 31.3 Å². The van der Waals surface area contributed by atoms with Gasteiger partial charge < -0.3 is 10.2 Å². The van der Waals surface area contributed by atoms with E-state index in [1.165, 1.54) is 5.56 Å². The Morgan fingerprint density at radius 2 is 1.68 bits per heavy atom. The molecule has 0 spiro atoms. The predicted molar refractivity (Wildman–Crippen MR) is 112 cm³/mol. The van der Waals surface area contributed by atoms with Gasteiger partial charge in [0, 0.05) is 19.5 Å². The molecule has 4 heteroatoms. The van der Waals surface area contributed by atoms with Crippen molar-refractivity contribution in [2.75, 3.05) is 6.54 Å². The maximum Gasteiger partial charge on any atom is 0.243 e. The molecule has 0 aliphatic carbocycles. The average Bonchev–Trinajstić information content (AvgIpc) is 3.21. The zero-order valence-corrected chi connectivity index (χ0v) is 16.8. The van der Waals surface area contributed by atoms with Gasteiger partial charge in [-0.2, -0.15) is 0 Å². The second-order valence-electron chi connectivity index (χ2n) is 7.91. The molecule has 4 nitrogen and oxygen atoms in total. The van der Waals surface area contributed by atoms with Crippen molar-refractivity contribution in [3.63, 3.8) is 0 Å². The first-order chi connectivity index (χ1) is 13.6. The quantitative estimate of drug-likeness (QED) is 0.788. The number of rotatable bonds is 7. The number of benzene rings is 2. The van der Waals surface area contributed by atoms with E-state index in [-0.39, 0.29) is 23.8 Å². The van der Waals surface area contributed by atoms with Gasteiger partial charge in [-0.3, -0.25) is 9.59 Å². The number of likely N-dealkylation sites (tertiary alicyclic amines) is 1. The summed E-state index contributed by atoms with van der Waals surface area (Å²) in [6.45, 7) is 5.47. The number of nitrogens with one attached hydrogen (secondary N) is 1. The molecule has 2 atom stereocenters. The maximum atomic E-state index is 13.1. The highest BCUT2D eigenvalue weighted by atomic mass is 16.2. The van der Waals surface area contributed by atoms with Crippen molar-refractivity contribution in [3.05, 3.63) is 71.8 Å². The van der Waals surface area contributed by atoms with Crippen LogP contribution in [0.1, 0.15) is 50.2 Å². The van der Waals surface area contributed by atoms with Gasteiger partial charge in [-0.05, 0) is 35.8 Å². The molecule has 28 heavy (non-hydrogen) atoms. The summed E-state index contributed by atoms with van der Waals surface area (Å²) in [5.41, 5.74) is 2.26. The van der Waals surface area contributed by atoms with Gasteiger partial charge in [-0.25, -0.2) is 0 Å². The van der Waals surface area contributed by atoms with Crippen LogP contribution in [-0.4, -0.2) is 29.3 Å². The number of amides is 2. The molecule has 1 aliphatic heterocycles. The van der Waals surface area contributed by atoms with Gasteiger partial charge in [0.25, 0.3) is 0 Å². The van der Waals surface area contributed by atoms with E-state index >= 15 is 0 Å². The lowest BCUT2D eigenvalue weighted by Crippen LogP contribution is -2.46. The Balaban J connectivity index is 1.62. The number of hydrogen-bond acceptors (Lipinski definition) is 2. The Hall–Kier alpha value is -2.62. The fraction of sp³-hybridized carbons (Fsp3) is 0.417. The van der Waals surface area contributed by atoms with Crippen molar-refractivity contribution in [2.45, 2.75) is 51.6 Å². The number of hydrogen-bond donors (Lipinski definition) is 1. The number of carbonyl (C=O) groups is 2. The lowest BCUT2D eigenvalue weighted by molar-refractivity contribution is -0.139. The van der Waals surface area contributed by atoms with E-state index in [4.69, 9.17) is 0 Å². The van der Waals surface area contributed by atoms with Gasteiger partial charge in [0.2, 0.25) is 11.8 Å². The molecule has 1 saturated heterocycles. The molecule has 0 radical (unpaired) electrons. The molecule has 1 heterocycles. The minimum Gasteiger partial charge on any atom is -0.350 e. The van der Waals surface area contributed by atoms with Crippen molar-refractivity contribution >= 4 is 11.8 Å². The predicted octanol–water partition coefficient (Wildman–Crippen LogP) is 4.12. The third kappa shape index (κ3) is 5.00. The van der Waals surface area contributed by atoms with Crippen molar-refractivity contribution < 1.29 is 9.59 Å². The molecule has 0 aromatic heterocycles. The fourth-order valence-electron chi connectivity index (χ4n) is 3.98. The van der Waals surface area contributed by atoms with Crippen LogP contribution in [0.25, 0.3) is 0 Å². The Kier molecular flexibility index (Phi) is 6.85. The van der Waals surface area contributed by atoms with E-state index in [1.54, 1.807) is 4.90 Å². The molecule has 0 bridgehead atoms. The molecular weight excluding hydrogens is 348 g/mol. The highest BCUT2D eigenvalue weighted by Crippen LogP contribution is 2.30. The van der Waals surface area contributed by atoms with Crippen LogP contribution < -0.4 is 5.32 Å². The highest BCUT2D eigenvalue weighted by Gasteiger charge is 2.35. The van der Waals surface area contributed by atoms with Gasteiger partial charge in [0.1, 0.15) is 6.04 Å². The molecule has 1 fully saturated rings. The third-order valence-corrected chi connectivity index (χ3v) is 5.61. The Morgan fingerprint density at radius 1 is 1.04 bits per heavy atom. The summed E-state index contributed by atoms with van der Waals surface area (Å²) in [6, 6.07) is 19.7. The first-order valence-electron chi connectivity index (χ1n) is 10.2. The average molecular weight is 379 g/mol. The van der Waals surface area contributed by atoms with Gasteiger partial charge in [0.15, 0.2) is 0 Å². The van der Waals surface area contributed by atoms with E-state index in [0.29, 0.717) is 25.4 Å². The summed E-state index contributed by atoms with van der Waals surface area (Å²) in [6.07, 6.45) is 2.07. The van der Waals surface area contributed by atoms with E-state index < -0.39 is 0 Å². The lowest BCUT2D eigenvalue weighted by atomic mass is 9.85. The molecule has 1 aliphatic rings. The molecule has 1 N–H and O–H groups in total. The minimum absolute atomic E-state index is 0.0458. The fourth-order valence-corrected chi connectivity index (χ4v) is 3.98. The van der Waals surface area contributed by atoms with Crippen LogP contribution in [0, 0.1) is 5.92 Å². The normalized spacial score (nSPS) is 17.5. The van der Waals surface area contributed by atoms with Crippen LogP contribution in [0.3, 0.4) is 0 Å². The second-order valence-corrected chi connectivity index (χ2v) is 7.91. The first-order valence-corrected chi connectivity index (χ1v) is 10.2. The van der Waals surface area contributed by atoms with Crippen molar-refractivity contribution in [1.82, 2.24) is 10.2 Å². The standard InChI is InChI=1S/C24H30N2O2/c1-18(2)21(20-12-7-4-8-13-20)16-23(27)26-15-9-14-22(26)24(28)25-17-19-10-5-3-6-11-19/h3-8,10-13,18,21-22H,9,14-17H2,1-2H3,(H,25,28)/t21?,22-/m1/s1. The first kappa shape index (κ1) is 20.1.